The molecule has 88 valence electrons. The third-order valence-electron chi connectivity index (χ3n) is 2.55. The Labute approximate surface area is 106 Å². The summed E-state index contributed by atoms with van der Waals surface area (Å²) in [7, 11) is 0. The molecular weight excluding hydrogens is 294 g/mol. The molecule has 0 aliphatic carbocycles. The van der Waals surface area contributed by atoms with Crippen LogP contribution in [0.2, 0.25) is 0 Å². The van der Waals surface area contributed by atoms with Crippen LogP contribution >= 0.6 is 27.3 Å². The van der Waals surface area contributed by atoms with E-state index in [1.54, 1.807) is 18.3 Å². The molecule has 1 aromatic heterocycles. The van der Waals surface area contributed by atoms with Crippen LogP contribution in [0.25, 0.3) is 0 Å². The van der Waals surface area contributed by atoms with E-state index < -0.39 is 12.0 Å². The second-order valence-electron chi connectivity index (χ2n) is 3.70. The molecule has 3 unspecified atom stereocenters. The Kier molecular flexibility index (Phi) is 3.63. The van der Waals surface area contributed by atoms with Crippen molar-refractivity contribution >= 4 is 33.2 Å². The Morgan fingerprint density at radius 2 is 2.44 bits per heavy atom. The van der Waals surface area contributed by atoms with Crippen LogP contribution in [0.1, 0.15) is 17.9 Å². The van der Waals surface area contributed by atoms with Gasteiger partial charge in [0.1, 0.15) is 12.1 Å². The Bertz CT molecular complexity index is 395. The topological polar surface area (TPSA) is 58.6 Å². The molecule has 0 bridgehead atoms. The first-order valence-corrected chi connectivity index (χ1v) is 6.56. The molecule has 1 saturated heterocycles. The second-order valence-corrected chi connectivity index (χ2v) is 6.19. The van der Waals surface area contributed by atoms with E-state index in [-0.39, 0.29) is 12.2 Å². The SMILES string of the molecule is CC1OC(c2ccc(Br)s2)CNC1C(=O)O. The highest BCUT2D eigenvalue weighted by Crippen LogP contribution is 2.31. The van der Waals surface area contributed by atoms with Gasteiger partial charge in [-0.1, -0.05) is 0 Å². The van der Waals surface area contributed by atoms with Crippen molar-refractivity contribution in [2.24, 2.45) is 0 Å². The molecule has 6 heteroatoms. The lowest BCUT2D eigenvalue weighted by atomic mass is 10.1. The Morgan fingerprint density at radius 1 is 1.69 bits per heavy atom. The number of carboxylic acids is 1. The molecule has 16 heavy (non-hydrogen) atoms. The highest BCUT2D eigenvalue weighted by atomic mass is 79.9. The van der Waals surface area contributed by atoms with Crippen molar-refractivity contribution < 1.29 is 14.6 Å². The third kappa shape index (κ3) is 2.45. The molecule has 0 amide bonds. The Hall–Kier alpha value is -0.430. The maximum atomic E-state index is 10.9. The highest BCUT2D eigenvalue weighted by Gasteiger charge is 2.33. The molecule has 4 nitrogen and oxygen atoms in total. The van der Waals surface area contributed by atoms with Gasteiger partial charge >= 0.3 is 5.97 Å². The van der Waals surface area contributed by atoms with Crippen LogP contribution in [-0.2, 0) is 9.53 Å². The van der Waals surface area contributed by atoms with Crippen molar-refractivity contribution in [1.82, 2.24) is 5.32 Å². The largest absolute Gasteiger partial charge is 0.480 e. The zero-order valence-electron chi connectivity index (χ0n) is 8.64. The Morgan fingerprint density at radius 3 is 2.94 bits per heavy atom. The fourth-order valence-electron chi connectivity index (χ4n) is 1.74. The van der Waals surface area contributed by atoms with E-state index in [9.17, 15) is 4.79 Å². The average Bonchev–Trinajstić information content (AvgIpc) is 2.64. The second kappa shape index (κ2) is 4.83. The van der Waals surface area contributed by atoms with Crippen LogP contribution in [0.5, 0.6) is 0 Å². The molecule has 0 saturated carbocycles. The minimum absolute atomic E-state index is 0.0538. The predicted molar refractivity (Wildman–Crippen MR) is 64.7 cm³/mol. The van der Waals surface area contributed by atoms with Gasteiger partial charge in [0.05, 0.1) is 9.89 Å². The molecule has 3 atom stereocenters. The molecule has 1 aliphatic rings. The maximum absolute atomic E-state index is 10.9. The van der Waals surface area contributed by atoms with Crippen molar-refractivity contribution in [3.05, 3.63) is 20.8 Å². The van der Waals surface area contributed by atoms with Gasteiger partial charge in [0.25, 0.3) is 0 Å². The van der Waals surface area contributed by atoms with Gasteiger partial charge in [-0.25, -0.2) is 0 Å². The lowest BCUT2D eigenvalue weighted by molar-refractivity contribution is -0.149. The molecule has 2 rings (SSSR count). The lowest BCUT2D eigenvalue weighted by Crippen LogP contribution is -2.52. The van der Waals surface area contributed by atoms with Crippen LogP contribution in [0.4, 0.5) is 0 Å². The quantitative estimate of drug-likeness (QED) is 0.877. The molecule has 2 heterocycles. The number of hydrogen-bond acceptors (Lipinski definition) is 4. The number of morpholine rings is 1. The fourth-order valence-corrected chi connectivity index (χ4v) is 3.20. The summed E-state index contributed by atoms with van der Waals surface area (Å²) < 4.78 is 6.76. The first-order chi connectivity index (χ1) is 7.58. The van der Waals surface area contributed by atoms with E-state index in [0.29, 0.717) is 6.54 Å². The average molecular weight is 306 g/mol. The number of hydrogen-bond donors (Lipinski definition) is 2. The van der Waals surface area contributed by atoms with Crippen molar-refractivity contribution in [3.63, 3.8) is 0 Å². The summed E-state index contributed by atoms with van der Waals surface area (Å²) >= 11 is 5.01. The molecule has 1 fully saturated rings. The van der Waals surface area contributed by atoms with Crippen molar-refractivity contribution in [2.45, 2.75) is 25.2 Å². The van der Waals surface area contributed by atoms with Crippen LogP contribution in [0.3, 0.4) is 0 Å². The summed E-state index contributed by atoms with van der Waals surface area (Å²) in [6.07, 6.45) is -0.376. The maximum Gasteiger partial charge on any atom is 0.323 e. The summed E-state index contributed by atoms with van der Waals surface area (Å²) in [5, 5.41) is 11.9. The van der Waals surface area contributed by atoms with Gasteiger partial charge in [0.2, 0.25) is 0 Å². The first-order valence-electron chi connectivity index (χ1n) is 4.95. The number of ether oxygens (including phenoxy) is 1. The van der Waals surface area contributed by atoms with Crippen molar-refractivity contribution in [1.29, 1.82) is 0 Å². The number of halogens is 1. The number of carboxylic acid groups (broad SMARTS) is 1. The fraction of sp³-hybridized carbons (Fsp3) is 0.500. The van der Waals surface area contributed by atoms with Crippen LogP contribution in [0.15, 0.2) is 15.9 Å². The van der Waals surface area contributed by atoms with Crippen LogP contribution < -0.4 is 5.32 Å². The van der Waals surface area contributed by atoms with Crippen LogP contribution in [0, 0.1) is 0 Å². The molecule has 1 aliphatic heterocycles. The van der Waals surface area contributed by atoms with Gasteiger partial charge in [-0.3, -0.25) is 10.1 Å². The van der Waals surface area contributed by atoms with E-state index >= 15 is 0 Å². The van der Waals surface area contributed by atoms with Crippen molar-refractivity contribution in [2.75, 3.05) is 6.54 Å². The molecule has 0 aromatic carbocycles. The molecule has 0 radical (unpaired) electrons. The number of thiophene rings is 1. The smallest absolute Gasteiger partial charge is 0.323 e. The highest BCUT2D eigenvalue weighted by molar-refractivity contribution is 9.11. The van der Waals surface area contributed by atoms with Gasteiger partial charge in [0.15, 0.2) is 0 Å². The molecule has 1 aromatic rings. The molecule has 2 N–H and O–H groups in total. The molecule has 0 spiro atoms. The summed E-state index contributed by atoms with van der Waals surface area (Å²) in [4.78, 5) is 12.0. The number of nitrogens with one attached hydrogen (secondary N) is 1. The zero-order chi connectivity index (χ0) is 11.7. The van der Waals surface area contributed by atoms with Gasteiger partial charge in [0, 0.05) is 11.4 Å². The van der Waals surface area contributed by atoms with Gasteiger partial charge in [-0.05, 0) is 35.0 Å². The van der Waals surface area contributed by atoms with E-state index in [1.807, 2.05) is 12.1 Å². The van der Waals surface area contributed by atoms with E-state index in [1.165, 1.54) is 0 Å². The third-order valence-corrected chi connectivity index (χ3v) is 4.26. The number of carbonyl (C=O) groups is 1. The number of aliphatic carboxylic acids is 1. The molecular formula is C10H12BrNO3S. The predicted octanol–water partition coefficient (Wildman–Crippen LogP) is 2.01. The van der Waals surface area contributed by atoms with Crippen molar-refractivity contribution in [3.8, 4) is 0 Å². The number of rotatable bonds is 2. The normalized spacial score (nSPS) is 30.2. The minimum Gasteiger partial charge on any atom is -0.480 e. The summed E-state index contributed by atoms with van der Waals surface area (Å²) in [5.74, 6) is -0.863. The van der Waals surface area contributed by atoms with Crippen LogP contribution in [-0.4, -0.2) is 29.8 Å². The Balaban J connectivity index is 2.05. The standard InChI is InChI=1S/C10H12BrNO3S/c1-5-9(10(13)14)12-4-6(15-5)7-2-3-8(11)16-7/h2-3,5-6,9,12H,4H2,1H3,(H,13,14). The minimum atomic E-state index is -0.863. The van der Waals surface area contributed by atoms with E-state index in [2.05, 4.69) is 21.2 Å². The summed E-state index contributed by atoms with van der Waals surface area (Å²) in [6.45, 7) is 2.31. The van der Waals surface area contributed by atoms with E-state index in [0.717, 1.165) is 8.66 Å². The summed E-state index contributed by atoms with van der Waals surface area (Å²) in [5.41, 5.74) is 0. The van der Waals surface area contributed by atoms with Gasteiger partial charge in [-0.15, -0.1) is 11.3 Å². The first kappa shape index (κ1) is 12.0. The van der Waals surface area contributed by atoms with E-state index in [4.69, 9.17) is 9.84 Å². The monoisotopic (exact) mass is 305 g/mol. The van der Waals surface area contributed by atoms with Gasteiger partial charge in [-0.2, -0.15) is 0 Å². The lowest BCUT2D eigenvalue weighted by Gasteiger charge is -2.32. The summed E-state index contributed by atoms with van der Waals surface area (Å²) in [6, 6.07) is 3.35. The van der Waals surface area contributed by atoms with Gasteiger partial charge < -0.3 is 9.84 Å². The zero-order valence-corrected chi connectivity index (χ0v) is 11.0.